The maximum atomic E-state index is 16.6. The van der Waals surface area contributed by atoms with Gasteiger partial charge in [0.15, 0.2) is 0 Å². The molecule has 7 atom stereocenters. The molecule has 0 spiro atoms. The van der Waals surface area contributed by atoms with Crippen molar-refractivity contribution >= 4 is 11.6 Å². The molecule has 4 aliphatic rings. The Hall–Kier alpha value is -1.90. The summed E-state index contributed by atoms with van der Waals surface area (Å²) in [7, 11) is 3.75. The summed E-state index contributed by atoms with van der Waals surface area (Å²) >= 11 is 0. The molecule has 1 heterocycles. The average molecular weight is 492 g/mol. The zero-order valence-corrected chi connectivity index (χ0v) is 21.0. The van der Waals surface area contributed by atoms with E-state index in [9.17, 15) is 15.0 Å². The first-order valence-corrected chi connectivity index (χ1v) is 12.8. The minimum absolute atomic E-state index is 0.00248. The Morgan fingerprint density at radius 3 is 2.60 bits per heavy atom. The summed E-state index contributed by atoms with van der Waals surface area (Å²) < 4.78 is 32.6. The number of halogens is 2. The van der Waals surface area contributed by atoms with Gasteiger partial charge in [-0.1, -0.05) is 13.0 Å². The molecule has 5 rings (SSSR count). The number of fused-ring (bicyclic) bond motifs is 4. The van der Waals surface area contributed by atoms with Crippen molar-refractivity contribution in [1.82, 2.24) is 10.3 Å². The van der Waals surface area contributed by atoms with Gasteiger partial charge in [-0.25, -0.2) is 8.78 Å². The Labute approximate surface area is 206 Å². The number of nitrogens with one attached hydrogen (secondary N) is 2. The molecule has 0 bridgehead atoms. The minimum Gasteiger partial charge on any atom is -0.393 e. The van der Waals surface area contributed by atoms with Crippen molar-refractivity contribution in [2.24, 2.45) is 17.3 Å². The number of rotatable bonds is 2. The molecular formula is C27H39F2N3O3. The fourth-order valence-corrected chi connectivity index (χ4v) is 7.35. The highest BCUT2D eigenvalue weighted by Gasteiger charge is 2.69. The zero-order chi connectivity index (χ0) is 25.5. The van der Waals surface area contributed by atoms with Crippen molar-refractivity contribution < 1.29 is 23.8 Å². The molecule has 1 aromatic heterocycles. The van der Waals surface area contributed by atoms with Crippen LogP contribution in [0.5, 0.6) is 0 Å². The molecule has 0 radical (unpaired) electrons. The second-order valence-corrected chi connectivity index (χ2v) is 11.3. The van der Waals surface area contributed by atoms with E-state index in [2.05, 4.69) is 15.6 Å². The summed E-state index contributed by atoms with van der Waals surface area (Å²) in [5, 5.41) is 27.6. The van der Waals surface area contributed by atoms with Crippen LogP contribution < -0.4 is 10.6 Å². The fraction of sp³-hybridized carbons (Fsp3) is 0.704. The normalized spacial score (nSPS) is 42.3. The van der Waals surface area contributed by atoms with Crippen molar-refractivity contribution in [3.63, 3.8) is 0 Å². The number of alkyl halides is 2. The summed E-state index contributed by atoms with van der Waals surface area (Å²) in [6.45, 7) is 1.93. The summed E-state index contributed by atoms with van der Waals surface area (Å²) in [4.78, 5) is 17.1. The summed E-state index contributed by atoms with van der Waals surface area (Å²) in [6, 6.07) is 3.49. The number of amides is 1. The lowest BCUT2D eigenvalue weighted by Gasteiger charge is -2.56. The Kier molecular flexibility index (Phi) is 7.12. The zero-order valence-electron chi connectivity index (χ0n) is 21.0. The van der Waals surface area contributed by atoms with Crippen LogP contribution in [0, 0.1) is 17.3 Å². The quantitative estimate of drug-likeness (QED) is 0.500. The van der Waals surface area contributed by atoms with E-state index in [0.717, 1.165) is 0 Å². The number of anilines is 1. The molecule has 6 nitrogen and oxygen atoms in total. The van der Waals surface area contributed by atoms with Crippen molar-refractivity contribution in [1.29, 1.82) is 0 Å². The van der Waals surface area contributed by atoms with E-state index in [1.54, 1.807) is 24.5 Å². The third-order valence-electron chi connectivity index (χ3n) is 9.10. The standard InChI is InChI=1S/C25H32F2N2O3.C2H7N/c1-22-10-11-24(27)15-23(26)13-18(30)5-4-16(23)8-9-25(24,32)20(22)7-6-19(22)21(31)29-17-3-2-12-28-14-17;1-3-2/h2-3,6,12,14,16,18,20,30,32H,4-5,7-11,13,15H2,1H3,(H,29,31);3H,1-2H3/t16?,18?,20?,22?,23?,24?,25-;/m0./s1. The van der Waals surface area contributed by atoms with Crippen LogP contribution in [-0.4, -0.2) is 58.2 Å². The predicted molar refractivity (Wildman–Crippen MR) is 131 cm³/mol. The van der Waals surface area contributed by atoms with Crippen LogP contribution in [0.3, 0.4) is 0 Å². The number of carbonyl (C=O) groups excluding carboxylic acids is 1. The SMILES string of the molecule is CC12CCC3(F)CC4(F)CC(O)CCC4CC[C@]3(O)C1CC=C2C(=O)Nc1cccnc1.CNC. The largest absolute Gasteiger partial charge is 0.393 e. The number of hydrogen-bond donors (Lipinski definition) is 4. The molecule has 1 amide bonds. The van der Waals surface area contributed by atoms with Gasteiger partial charge >= 0.3 is 0 Å². The van der Waals surface area contributed by atoms with Gasteiger partial charge in [-0.2, -0.15) is 0 Å². The highest BCUT2D eigenvalue weighted by Crippen LogP contribution is 2.65. The summed E-state index contributed by atoms with van der Waals surface area (Å²) in [6.07, 6.45) is 6.21. The maximum absolute atomic E-state index is 16.6. The average Bonchev–Trinajstić information content (AvgIpc) is 3.12. The van der Waals surface area contributed by atoms with Gasteiger partial charge < -0.3 is 20.8 Å². The smallest absolute Gasteiger partial charge is 0.251 e. The van der Waals surface area contributed by atoms with Crippen LogP contribution in [0.2, 0.25) is 0 Å². The molecule has 3 saturated carbocycles. The summed E-state index contributed by atoms with van der Waals surface area (Å²) in [5.41, 5.74) is -5.10. The Balaban J connectivity index is 0.000000917. The lowest BCUT2D eigenvalue weighted by molar-refractivity contribution is -0.204. The van der Waals surface area contributed by atoms with Gasteiger partial charge in [0.05, 0.1) is 18.0 Å². The molecule has 4 aliphatic carbocycles. The number of carbonyl (C=O) groups is 1. The van der Waals surface area contributed by atoms with Crippen LogP contribution in [0.4, 0.5) is 14.5 Å². The second-order valence-electron chi connectivity index (χ2n) is 11.3. The predicted octanol–water partition coefficient (Wildman–Crippen LogP) is 4.09. The Bertz CT molecular complexity index is 962. The third-order valence-corrected chi connectivity index (χ3v) is 9.10. The number of allylic oxidation sites excluding steroid dienone is 1. The maximum Gasteiger partial charge on any atom is 0.251 e. The van der Waals surface area contributed by atoms with Crippen molar-refractivity contribution in [2.75, 3.05) is 19.4 Å². The lowest BCUT2D eigenvalue weighted by Crippen LogP contribution is -2.64. The van der Waals surface area contributed by atoms with E-state index >= 15 is 8.78 Å². The number of pyridine rings is 1. The molecule has 3 fully saturated rings. The number of hydrogen-bond acceptors (Lipinski definition) is 5. The first kappa shape index (κ1) is 26.2. The molecule has 0 aliphatic heterocycles. The molecule has 4 N–H and O–H groups in total. The molecular weight excluding hydrogens is 452 g/mol. The van der Waals surface area contributed by atoms with Gasteiger partial charge in [-0.3, -0.25) is 9.78 Å². The van der Waals surface area contributed by atoms with Crippen LogP contribution in [0.1, 0.15) is 64.7 Å². The van der Waals surface area contributed by atoms with Gasteiger partial charge in [0.25, 0.3) is 5.91 Å². The molecule has 0 saturated heterocycles. The molecule has 1 aromatic rings. The van der Waals surface area contributed by atoms with Crippen molar-refractivity contribution in [2.45, 2.75) is 87.8 Å². The Morgan fingerprint density at radius 1 is 1.17 bits per heavy atom. The van der Waals surface area contributed by atoms with E-state index in [1.165, 1.54) is 0 Å². The van der Waals surface area contributed by atoms with Crippen LogP contribution >= 0.6 is 0 Å². The lowest BCUT2D eigenvalue weighted by atomic mass is 9.53. The minimum atomic E-state index is -2.07. The summed E-state index contributed by atoms with van der Waals surface area (Å²) in [5.74, 6) is -1.09. The molecule has 194 valence electrons. The van der Waals surface area contributed by atoms with E-state index in [0.29, 0.717) is 43.4 Å². The second kappa shape index (κ2) is 9.52. The Morgan fingerprint density at radius 2 is 1.91 bits per heavy atom. The number of nitrogens with zero attached hydrogens (tertiary/aromatic N) is 1. The number of aliphatic hydroxyl groups is 2. The van der Waals surface area contributed by atoms with Crippen LogP contribution in [0.25, 0.3) is 0 Å². The van der Waals surface area contributed by atoms with Gasteiger partial charge in [0.1, 0.15) is 16.9 Å². The first-order chi connectivity index (χ1) is 16.5. The highest BCUT2D eigenvalue weighted by molar-refractivity contribution is 6.05. The first-order valence-electron chi connectivity index (χ1n) is 12.8. The number of aliphatic hydroxyl groups excluding tert-OH is 1. The van der Waals surface area contributed by atoms with Gasteiger partial charge in [0.2, 0.25) is 0 Å². The van der Waals surface area contributed by atoms with E-state index in [-0.39, 0.29) is 37.5 Å². The van der Waals surface area contributed by atoms with E-state index in [4.69, 9.17) is 0 Å². The highest BCUT2D eigenvalue weighted by atomic mass is 19.2. The van der Waals surface area contributed by atoms with Gasteiger partial charge in [-0.15, -0.1) is 0 Å². The van der Waals surface area contributed by atoms with Crippen molar-refractivity contribution in [3.05, 3.63) is 36.2 Å². The van der Waals surface area contributed by atoms with Crippen molar-refractivity contribution in [3.8, 4) is 0 Å². The monoisotopic (exact) mass is 491 g/mol. The third kappa shape index (κ3) is 4.42. The fourth-order valence-electron chi connectivity index (χ4n) is 7.35. The van der Waals surface area contributed by atoms with E-state index < -0.39 is 34.4 Å². The molecule has 8 heteroatoms. The molecule has 6 unspecified atom stereocenters. The van der Waals surface area contributed by atoms with Crippen LogP contribution in [0.15, 0.2) is 36.2 Å². The van der Waals surface area contributed by atoms with E-state index in [1.807, 2.05) is 27.1 Å². The van der Waals surface area contributed by atoms with Gasteiger partial charge in [-0.05, 0) is 77.1 Å². The molecule has 0 aromatic carbocycles. The topological polar surface area (TPSA) is 94.5 Å². The van der Waals surface area contributed by atoms with Crippen LogP contribution in [-0.2, 0) is 4.79 Å². The number of aromatic nitrogens is 1. The van der Waals surface area contributed by atoms with Gasteiger partial charge in [0, 0.05) is 35.9 Å². The molecule has 35 heavy (non-hydrogen) atoms.